The molecule has 0 saturated carbocycles. The van der Waals surface area contributed by atoms with Crippen LogP contribution >= 0.6 is 11.6 Å². The highest BCUT2D eigenvalue weighted by molar-refractivity contribution is 6.30. The molecule has 2 heterocycles. The number of fused-ring (bicyclic) bond motifs is 1. The van der Waals surface area contributed by atoms with Gasteiger partial charge in [0.15, 0.2) is 0 Å². The monoisotopic (exact) mass is 237 g/mol. The van der Waals surface area contributed by atoms with Crippen molar-refractivity contribution in [2.24, 2.45) is 0 Å². The third kappa shape index (κ3) is 1.86. The second kappa shape index (κ2) is 4.36. The lowest BCUT2D eigenvalue weighted by molar-refractivity contribution is 0.0896. The van der Waals surface area contributed by atoms with E-state index in [0.29, 0.717) is 6.04 Å². The molecular formula is C13H16ClNO. The summed E-state index contributed by atoms with van der Waals surface area (Å²) in [5.74, 6) is 0. The molecule has 2 atom stereocenters. The maximum absolute atomic E-state index is 5.91. The van der Waals surface area contributed by atoms with Crippen molar-refractivity contribution in [3.8, 4) is 0 Å². The van der Waals surface area contributed by atoms with E-state index in [0.717, 1.165) is 11.8 Å². The molecular weight excluding hydrogens is 222 g/mol. The van der Waals surface area contributed by atoms with Gasteiger partial charge in [-0.2, -0.15) is 0 Å². The van der Waals surface area contributed by atoms with Crippen LogP contribution in [-0.2, 0) is 4.74 Å². The van der Waals surface area contributed by atoms with Gasteiger partial charge >= 0.3 is 0 Å². The van der Waals surface area contributed by atoms with Crippen molar-refractivity contribution in [1.29, 1.82) is 0 Å². The second-order valence-electron chi connectivity index (χ2n) is 4.64. The Bertz CT molecular complexity index is 365. The molecule has 16 heavy (non-hydrogen) atoms. The third-order valence-corrected chi connectivity index (χ3v) is 3.88. The molecule has 3 heteroatoms. The van der Waals surface area contributed by atoms with Crippen LogP contribution in [0.4, 0.5) is 0 Å². The minimum atomic E-state index is 0.248. The Kier molecular flexibility index (Phi) is 2.88. The van der Waals surface area contributed by atoms with Crippen LogP contribution < -0.4 is 0 Å². The Morgan fingerprint density at radius 2 is 2.00 bits per heavy atom. The molecule has 0 amide bonds. The quantitative estimate of drug-likeness (QED) is 0.744. The zero-order valence-electron chi connectivity index (χ0n) is 9.23. The third-order valence-electron chi connectivity index (χ3n) is 3.63. The SMILES string of the molecule is Clc1ccc(C2OCN3CCCCC23)cc1. The van der Waals surface area contributed by atoms with Crippen LogP contribution in [0.15, 0.2) is 24.3 Å². The number of piperidine rings is 1. The lowest BCUT2D eigenvalue weighted by Gasteiger charge is -2.30. The van der Waals surface area contributed by atoms with Gasteiger partial charge in [0, 0.05) is 17.6 Å². The number of rotatable bonds is 1. The van der Waals surface area contributed by atoms with E-state index in [1.807, 2.05) is 12.1 Å². The van der Waals surface area contributed by atoms with Gasteiger partial charge in [0.05, 0.1) is 6.10 Å². The summed E-state index contributed by atoms with van der Waals surface area (Å²) in [5, 5.41) is 0.794. The van der Waals surface area contributed by atoms with Crippen LogP contribution in [0.5, 0.6) is 0 Å². The standard InChI is InChI=1S/C13H16ClNO/c14-11-6-4-10(5-7-11)13-12-3-1-2-8-15(12)9-16-13/h4-7,12-13H,1-3,8-9H2. The van der Waals surface area contributed by atoms with Crippen LogP contribution in [0.1, 0.15) is 30.9 Å². The Morgan fingerprint density at radius 1 is 1.19 bits per heavy atom. The summed E-state index contributed by atoms with van der Waals surface area (Å²) in [6, 6.07) is 8.66. The van der Waals surface area contributed by atoms with Gasteiger partial charge in [-0.15, -0.1) is 0 Å². The van der Waals surface area contributed by atoms with E-state index in [1.165, 1.54) is 31.4 Å². The van der Waals surface area contributed by atoms with Crippen LogP contribution in [0, 0.1) is 0 Å². The predicted octanol–water partition coefficient (Wildman–Crippen LogP) is 3.22. The summed E-state index contributed by atoms with van der Waals surface area (Å²) in [4.78, 5) is 2.46. The number of nitrogens with zero attached hydrogens (tertiary/aromatic N) is 1. The van der Waals surface area contributed by atoms with Gasteiger partial charge < -0.3 is 4.74 Å². The summed E-state index contributed by atoms with van der Waals surface area (Å²) in [7, 11) is 0. The molecule has 3 rings (SSSR count). The molecule has 0 N–H and O–H groups in total. The molecule has 2 nitrogen and oxygen atoms in total. The molecule has 0 bridgehead atoms. The predicted molar refractivity (Wildman–Crippen MR) is 64.5 cm³/mol. The van der Waals surface area contributed by atoms with Crippen molar-refractivity contribution in [2.75, 3.05) is 13.3 Å². The van der Waals surface area contributed by atoms with Gasteiger partial charge in [0.2, 0.25) is 0 Å². The minimum Gasteiger partial charge on any atom is -0.357 e. The number of hydrogen-bond donors (Lipinski definition) is 0. The summed E-state index contributed by atoms with van der Waals surface area (Å²) < 4.78 is 5.91. The fraction of sp³-hybridized carbons (Fsp3) is 0.538. The van der Waals surface area contributed by atoms with Crippen LogP contribution in [0.25, 0.3) is 0 Å². The van der Waals surface area contributed by atoms with E-state index in [-0.39, 0.29) is 6.10 Å². The zero-order chi connectivity index (χ0) is 11.0. The topological polar surface area (TPSA) is 12.5 Å². The van der Waals surface area contributed by atoms with Crippen molar-refractivity contribution >= 4 is 11.6 Å². The second-order valence-corrected chi connectivity index (χ2v) is 5.08. The van der Waals surface area contributed by atoms with Crippen molar-refractivity contribution in [2.45, 2.75) is 31.4 Å². The Morgan fingerprint density at radius 3 is 2.81 bits per heavy atom. The van der Waals surface area contributed by atoms with Gasteiger partial charge in [-0.25, -0.2) is 0 Å². The highest BCUT2D eigenvalue weighted by atomic mass is 35.5. The van der Waals surface area contributed by atoms with E-state index in [2.05, 4.69) is 17.0 Å². The normalized spacial score (nSPS) is 30.3. The van der Waals surface area contributed by atoms with Gasteiger partial charge in [-0.05, 0) is 30.5 Å². The molecule has 0 spiro atoms. The minimum absolute atomic E-state index is 0.248. The maximum Gasteiger partial charge on any atom is 0.100 e. The zero-order valence-corrected chi connectivity index (χ0v) is 9.99. The number of benzene rings is 1. The smallest absolute Gasteiger partial charge is 0.100 e. The van der Waals surface area contributed by atoms with Gasteiger partial charge in [-0.3, -0.25) is 4.90 Å². The average Bonchev–Trinajstić information content (AvgIpc) is 2.74. The molecule has 0 aliphatic carbocycles. The molecule has 0 radical (unpaired) electrons. The van der Waals surface area contributed by atoms with Gasteiger partial charge in [0.1, 0.15) is 6.73 Å². The van der Waals surface area contributed by atoms with Gasteiger partial charge in [0.25, 0.3) is 0 Å². The Balaban J connectivity index is 1.82. The fourth-order valence-corrected chi connectivity index (χ4v) is 2.90. The van der Waals surface area contributed by atoms with Crippen molar-refractivity contribution in [1.82, 2.24) is 4.90 Å². The first-order valence-electron chi connectivity index (χ1n) is 5.96. The molecule has 1 aromatic rings. The Labute approximate surface area is 101 Å². The van der Waals surface area contributed by atoms with Crippen LogP contribution in [-0.4, -0.2) is 24.2 Å². The van der Waals surface area contributed by atoms with Crippen molar-refractivity contribution in [3.05, 3.63) is 34.9 Å². The molecule has 2 unspecified atom stereocenters. The van der Waals surface area contributed by atoms with Crippen LogP contribution in [0.2, 0.25) is 5.02 Å². The molecule has 86 valence electrons. The van der Waals surface area contributed by atoms with Crippen molar-refractivity contribution < 1.29 is 4.74 Å². The van der Waals surface area contributed by atoms with E-state index < -0.39 is 0 Å². The first kappa shape index (κ1) is 10.6. The average molecular weight is 238 g/mol. The maximum atomic E-state index is 5.91. The Hall–Kier alpha value is -0.570. The summed E-state index contributed by atoms with van der Waals surface area (Å²) in [6.07, 6.45) is 4.15. The highest BCUT2D eigenvalue weighted by Gasteiger charge is 2.37. The van der Waals surface area contributed by atoms with E-state index in [9.17, 15) is 0 Å². The number of ether oxygens (including phenoxy) is 1. The molecule has 2 aliphatic heterocycles. The first-order valence-corrected chi connectivity index (χ1v) is 6.33. The highest BCUT2D eigenvalue weighted by Crippen LogP contribution is 2.36. The van der Waals surface area contributed by atoms with E-state index in [4.69, 9.17) is 16.3 Å². The van der Waals surface area contributed by atoms with Crippen molar-refractivity contribution in [3.63, 3.8) is 0 Å². The molecule has 2 fully saturated rings. The summed E-state index contributed by atoms with van der Waals surface area (Å²) in [6.45, 7) is 1.98. The largest absolute Gasteiger partial charge is 0.357 e. The summed E-state index contributed by atoms with van der Waals surface area (Å²) >= 11 is 5.90. The number of hydrogen-bond acceptors (Lipinski definition) is 2. The molecule has 2 saturated heterocycles. The first-order chi connectivity index (χ1) is 7.84. The molecule has 1 aromatic carbocycles. The van der Waals surface area contributed by atoms with Crippen LogP contribution in [0.3, 0.4) is 0 Å². The molecule has 2 aliphatic rings. The van der Waals surface area contributed by atoms with Gasteiger partial charge in [-0.1, -0.05) is 30.2 Å². The fourth-order valence-electron chi connectivity index (χ4n) is 2.78. The van der Waals surface area contributed by atoms with E-state index in [1.54, 1.807) is 0 Å². The summed E-state index contributed by atoms with van der Waals surface area (Å²) in [5.41, 5.74) is 1.26. The lowest BCUT2D eigenvalue weighted by atomic mass is 9.94. The number of halogens is 1. The molecule has 0 aromatic heterocycles. The lowest BCUT2D eigenvalue weighted by Crippen LogP contribution is -2.36. The van der Waals surface area contributed by atoms with E-state index >= 15 is 0 Å².